The van der Waals surface area contributed by atoms with Crippen LogP contribution < -0.4 is 10.4 Å². The highest BCUT2D eigenvalue weighted by atomic mass is 16.7. The van der Waals surface area contributed by atoms with E-state index < -0.39 is 29.3 Å². The molecule has 1 spiro atoms. The van der Waals surface area contributed by atoms with Crippen molar-refractivity contribution in [2.45, 2.75) is 102 Å². The molecule has 1 saturated carbocycles. The molecule has 36 heavy (non-hydrogen) atoms. The van der Waals surface area contributed by atoms with Crippen LogP contribution in [-0.2, 0) is 29.0 Å². The summed E-state index contributed by atoms with van der Waals surface area (Å²) in [5.41, 5.74) is 0.454. The second kappa shape index (κ2) is 8.06. The lowest BCUT2D eigenvalue weighted by Gasteiger charge is -2.40. The molecule has 1 aromatic carbocycles. The van der Waals surface area contributed by atoms with Crippen LogP contribution in [0.25, 0.3) is 0 Å². The lowest BCUT2D eigenvalue weighted by molar-refractivity contribution is -0.128. The number of fused-ring (bicyclic) bond motifs is 2. The van der Waals surface area contributed by atoms with Crippen LogP contribution in [0.15, 0.2) is 18.2 Å². The number of carbonyl (C=O) groups is 3. The second-order valence-electron chi connectivity index (χ2n) is 12.7. The van der Waals surface area contributed by atoms with Gasteiger partial charge in [0.2, 0.25) is 5.91 Å². The Bertz CT molecular complexity index is 1090. The molecule has 3 fully saturated rings. The molecule has 9 heteroatoms. The van der Waals surface area contributed by atoms with Crippen LogP contribution in [0.5, 0.6) is 0 Å². The zero-order chi connectivity index (χ0) is 26.3. The van der Waals surface area contributed by atoms with Crippen molar-refractivity contribution in [1.29, 1.82) is 0 Å². The summed E-state index contributed by atoms with van der Waals surface area (Å²) in [6.07, 6.45) is 1.45. The van der Waals surface area contributed by atoms with E-state index in [0.717, 1.165) is 16.7 Å². The summed E-state index contributed by atoms with van der Waals surface area (Å²) in [6, 6.07) is 5.90. The predicted octanol–water partition coefficient (Wildman–Crippen LogP) is 3.33. The molecule has 194 valence electrons. The van der Waals surface area contributed by atoms with E-state index in [1.807, 2.05) is 71.6 Å². The number of Topliss-reactive ketones (excluding diaryl/α,β-unsaturated/α-hetero) is 1. The summed E-state index contributed by atoms with van der Waals surface area (Å²) in [6.45, 7) is 14.5. The van der Waals surface area contributed by atoms with Crippen molar-refractivity contribution in [2.75, 3.05) is 18.0 Å². The Hall–Kier alpha value is -2.39. The Kier molecular flexibility index (Phi) is 5.65. The first-order chi connectivity index (χ1) is 16.6. The molecule has 0 radical (unpaired) electrons. The highest BCUT2D eigenvalue weighted by Crippen LogP contribution is 2.50. The maximum Gasteiger partial charge on any atom is 0.494 e. The predicted molar refractivity (Wildman–Crippen MR) is 136 cm³/mol. The van der Waals surface area contributed by atoms with Gasteiger partial charge in [-0.2, -0.15) is 0 Å². The minimum Gasteiger partial charge on any atom is -0.444 e. The first kappa shape index (κ1) is 25.3. The average molecular weight is 496 g/mol. The normalized spacial score (nSPS) is 24.8. The molecule has 0 atom stereocenters. The minimum atomic E-state index is -0.707. The van der Waals surface area contributed by atoms with Crippen molar-refractivity contribution in [3.8, 4) is 0 Å². The van der Waals surface area contributed by atoms with E-state index in [0.29, 0.717) is 38.8 Å². The Morgan fingerprint density at radius 2 is 1.61 bits per heavy atom. The van der Waals surface area contributed by atoms with Gasteiger partial charge in [0.05, 0.1) is 22.7 Å². The molecule has 0 N–H and O–H groups in total. The van der Waals surface area contributed by atoms with Crippen LogP contribution in [0.4, 0.5) is 10.5 Å². The lowest BCUT2D eigenvalue weighted by Crippen LogP contribution is -2.54. The van der Waals surface area contributed by atoms with Crippen molar-refractivity contribution in [3.63, 3.8) is 0 Å². The van der Waals surface area contributed by atoms with Crippen molar-refractivity contribution in [1.82, 2.24) is 4.90 Å². The summed E-state index contributed by atoms with van der Waals surface area (Å²) in [5, 5.41) is 0. The monoisotopic (exact) mass is 496 g/mol. The molecule has 1 aromatic rings. The molecule has 1 aliphatic carbocycles. The number of ether oxygens (including phenoxy) is 1. The van der Waals surface area contributed by atoms with E-state index >= 15 is 0 Å². The molecule has 4 aliphatic rings. The summed E-state index contributed by atoms with van der Waals surface area (Å²) < 4.78 is 18.1. The largest absolute Gasteiger partial charge is 0.494 e. The molecular weight excluding hydrogens is 459 g/mol. The number of hydrogen-bond donors (Lipinski definition) is 0. The molecule has 2 amide bonds. The topological polar surface area (TPSA) is 85.4 Å². The van der Waals surface area contributed by atoms with Gasteiger partial charge in [0.15, 0.2) is 0 Å². The van der Waals surface area contributed by atoms with Gasteiger partial charge in [0.1, 0.15) is 11.4 Å². The molecule has 0 bridgehead atoms. The number of anilines is 1. The highest BCUT2D eigenvalue weighted by Gasteiger charge is 2.57. The number of piperidine rings is 1. The van der Waals surface area contributed by atoms with Gasteiger partial charge in [-0.1, -0.05) is 12.1 Å². The van der Waals surface area contributed by atoms with Crippen LogP contribution >= 0.6 is 0 Å². The number of carbonyl (C=O) groups excluding carboxylic acids is 3. The van der Waals surface area contributed by atoms with Crippen LogP contribution in [0.3, 0.4) is 0 Å². The molecule has 8 nitrogen and oxygen atoms in total. The fraction of sp³-hybridized carbons (Fsp3) is 0.667. The second-order valence-corrected chi connectivity index (χ2v) is 12.7. The van der Waals surface area contributed by atoms with Crippen molar-refractivity contribution in [2.24, 2.45) is 0 Å². The van der Waals surface area contributed by atoms with Gasteiger partial charge in [-0.05, 0) is 78.4 Å². The van der Waals surface area contributed by atoms with E-state index in [2.05, 4.69) is 0 Å². The molecular formula is C27H37BN2O6. The maximum atomic E-state index is 14.0. The quantitative estimate of drug-likeness (QED) is 0.584. The van der Waals surface area contributed by atoms with Gasteiger partial charge in [-0.25, -0.2) is 4.79 Å². The summed E-state index contributed by atoms with van der Waals surface area (Å²) >= 11 is 0. The zero-order valence-corrected chi connectivity index (χ0v) is 22.5. The molecule has 0 aromatic heterocycles. The number of nitrogens with zero attached hydrogens (tertiary/aromatic N) is 2. The highest BCUT2D eigenvalue weighted by molar-refractivity contribution is 6.62. The van der Waals surface area contributed by atoms with Gasteiger partial charge in [-0.3, -0.25) is 9.59 Å². The first-order valence-electron chi connectivity index (χ1n) is 13.0. The van der Waals surface area contributed by atoms with Crippen molar-refractivity contribution < 1.29 is 28.4 Å². The first-order valence-corrected chi connectivity index (χ1v) is 13.0. The number of ketones is 1. The van der Waals surface area contributed by atoms with Gasteiger partial charge >= 0.3 is 13.2 Å². The fourth-order valence-electron chi connectivity index (χ4n) is 5.63. The number of likely N-dealkylation sites (tertiary alicyclic amines) is 1. The fourth-order valence-corrected chi connectivity index (χ4v) is 5.63. The third kappa shape index (κ3) is 3.95. The van der Waals surface area contributed by atoms with Gasteiger partial charge in [-0.15, -0.1) is 0 Å². The molecule has 5 rings (SSSR count). The maximum absolute atomic E-state index is 14.0. The third-order valence-corrected chi connectivity index (χ3v) is 8.51. The molecule has 3 aliphatic heterocycles. The van der Waals surface area contributed by atoms with E-state index in [1.54, 1.807) is 4.90 Å². The SMILES string of the molecule is CC(C)(C)OC(=O)N1CCC2(CC1)C(=O)N(C1CC(=O)C1)c1cc(B3OC(C)(C)C(C)(C)O3)ccc12. The van der Waals surface area contributed by atoms with E-state index in [9.17, 15) is 14.4 Å². The van der Waals surface area contributed by atoms with Crippen LogP contribution in [0.2, 0.25) is 0 Å². The third-order valence-electron chi connectivity index (χ3n) is 8.51. The smallest absolute Gasteiger partial charge is 0.444 e. The van der Waals surface area contributed by atoms with E-state index in [-0.39, 0.29) is 23.8 Å². The number of amides is 2. The standard InChI is InChI=1S/C27H37BN2O6/c1-24(2,3)34-23(33)29-12-10-27(11-13-29)20-9-8-17(28-35-25(4,5)26(6,7)36-28)14-21(20)30(22(27)32)18-15-19(31)16-18/h8-9,14,18H,10-13,15-16H2,1-7H3. The average Bonchev–Trinajstić information content (AvgIpc) is 3.11. The van der Waals surface area contributed by atoms with Crippen molar-refractivity contribution in [3.05, 3.63) is 23.8 Å². The van der Waals surface area contributed by atoms with Gasteiger partial charge in [0, 0.05) is 31.6 Å². The lowest BCUT2D eigenvalue weighted by atomic mass is 9.72. The summed E-state index contributed by atoms with van der Waals surface area (Å²) in [4.78, 5) is 42.1. The number of benzene rings is 1. The van der Waals surface area contributed by atoms with Crippen LogP contribution in [0, 0.1) is 0 Å². The number of hydrogen-bond acceptors (Lipinski definition) is 6. The zero-order valence-electron chi connectivity index (χ0n) is 22.5. The van der Waals surface area contributed by atoms with Gasteiger partial charge < -0.3 is 23.8 Å². The number of rotatable bonds is 2. The Balaban J connectivity index is 1.45. The summed E-state index contributed by atoms with van der Waals surface area (Å²) in [7, 11) is -0.536. The minimum absolute atomic E-state index is 0.0323. The van der Waals surface area contributed by atoms with E-state index in [1.165, 1.54) is 0 Å². The molecule has 0 unspecified atom stereocenters. The van der Waals surface area contributed by atoms with Gasteiger partial charge in [0.25, 0.3) is 0 Å². The molecule has 3 heterocycles. The Labute approximate surface area is 213 Å². The molecule has 2 saturated heterocycles. The summed E-state index contributed by atoms with van der Waals surface area (Å²) in [5.74, 6) is 0.210. The van der Waals surface area contributed by atoms with Crippen molar-refractivity contribution >= 4 is 36.1 Å². The van der Waals surface area contributed by atoms with E-state index in [4.69, 9.17) is 14.0 Å². The van der Waals surface area contributed by atoms with Crippen LogP contribution in [0.1, 0.15) is 79.7 Å². The van der Waals surface area contributed by atoms with Crippen LogP contribution in [-0.4, -0.2) is 65.7 Å². The Morgan fingerprint density at radius 3 is 2.14 bits per heavy atom. The Morgan fingerprint density at radius 1 is 1.03 bits per heavy atom.